The Balaban J connectivity index is 2.28. The summed E-state index contributed by atoms with van der Waals surface area (Å²) in [5, 5.41) is 0. The van der Waals surface area contributed by atoms with E-state index in [1.165, 1.54) is 17.0 Å². The van der Waals surface area contributed by atoms with Crippen molar-refractivity contribution in [3.05, 3.63) is 65.7 Å². The lowest BCUT2D eigenvalue weighted by Gasteiger charge is -2.23. The molecule has 2 aromatic rings. The van der Waals surface area contributed by atoms with Crippen molar-refractivity contribution in [3.63, 3.8) is 0 Å². The van der Waals surface area contributed by atoms with Crippen LogP contribution in [0.2, 0.25) is 0 Å². The highest BCUT2D eigenvalue weighted by molar-refractivity contribution is 7.90. The number of hydrogen-bond acceptors (Lipinski definition) is 4. The van der Waals surface area contributed by atoms with Gasteiger partial charge < -0.3 is 10.6 Å². The summed E-state index contributed by atoms with van der Waals surface area (Å²) in [5.74, 6) is -0.342. The molecule has 1 atom stereocenters. The fourth-order valence-electron chi connectivity index (χ4n) is 2.26. The maximum atomic E-state index is 12.6. The van der Waals surface area contributed by atoms with Gasteiger partial charge in [0, 0.05) is 25.2 Å². The van der Waals surface area contributed by atoms with Crippen LogP contribution in [0.4, 0.5) is 0 Å². The lowest BCUT2D eigenvalue weighted by Crippen LogP contribution is -2.39. The van der Waals surface area contributed by atoms with Crippen LogP contribution in [-0.2, 0) is 15.6 Å². The molecule has 0 heterocycles. The molecule has 0 radical (unpaired) electrons. The van der Waals surface area contributed by atoms with Gasteiger partial charge in [-0.3, -0.25) is 4.79 Å². The smallest absolute Gasteiger partial charge is 0.253 e. The van der Waals surface area contributed by atoms with Crippen LogP contribution in [0.15, 0.2) is 59.5 Å². The number of hydrogen-bond donors (Lipinski definition) is 1. The van der Waals surface area contributed by atoms with Gasteiger partial charge in [-0.05, 0) is 30.7 Å². The Bertz CT molecular complexity index is 804. The lowest BCUT2D eigenvalue weighted by atomic mass is 10.2. The standard InChI is InChI=1S/C18H22N2O3S/c1-14(12-19)20(2)18(21)16-9-6-10-17(11-16)24(22,23)13-15-7-4-3-5-8-15/h3-11,14H,12-13,19H2,1-2H3. The van der Waals surface area contributed by atoms with Gasteiger partial charge in [-0.1, -0.05) is 36.4 Å². The second-order valence-corrected chi connectivity index (χ2v) is 7.76. The molecule has 0 spiro atoms. The van der Waals surface area contributed by atoms with Gasteiger partial charge in [0.25, 0.3) is 5.91 Å². The molecule has 0 aliphatic heterocycles. The lowest BCUT2D eigenvalue weighted by molar-refractivity contribution is 0.0748. The van der Waals surface area contributed by atoms with E-state index in [4.69, 9.17) is 5.73 Å². The van der Waals surface area contributed by atoms with Gasteiger partial charge in [-0.15, -0.1) is 0 Å². The molecule has 2 N–H and O–H groups in total. The number of carbonyl (C=O) groups is 1. The topological polar surface area (TPSA) is 80.5 Å². The molecule has 0 saturated heterocycles. The normalized spacial score (nSPS) is 12.6. The predicted molar refractivity (Wildman–Crippen MR) is 94.4 cm³/mol. The van der Waals surface area contributed by atoms with E-state index in [0.717, 1.165) is 0 Å². The van der Waals surface area contributed by atoms with Crippen molar-refractivity contribution >= 4 is 15.7 Å². The molecule has 24 heavy (non-hydrogen) atoms. The summed E-state index contributed by atoms with van der Waals surface area (Å²) < 4.78 is 25.2. The van der Waals surface area contributed by atoms with Gasteiger partial charge in [-0.2, -0.15) is 0 Å². The molecule has 2 aromatic carbocycles. The summed E-state index contributed by atoms with van der Waals surface area (Å²) in [6, 6.07) is 15.0. The number of amides is 1. The molecule has 5 nitrogen and oxygen atoms in total. The zero-order valence-corrected chi connectivity index (χ0v) is 14.7. The van der Waals surface area contributed by atoms with Crippen molar-refractivity contribution in [2.24, 2.45) is 5.73 Å². The van der Waals surface area contributed by atoms with Crippen molar-refractivity contribution in [2.75, 3.05) is 13.6 Å². The van der Waals surface area contributed by atoms with Gasteiger partial charge in [0.05, 0.1) is 10.6 Å². The third-order valence-corrected chi connectivity index (χ3v) is 5.65. The number of sulfone groups is 1. The summed E-state index contributed by atoms with van der Waals surface area (Å²) in [5.41, 5.74) is 6.64. The van der Waals surface area contributed by atoms with Crippen LogP contribution in [0.3, 0.4) is 0 Å². The SMILES string of the molecule is CC(CN)N(C)C(=O)c1cccc(S(=O)(=O)Cc2ccccc2)c1. The van der Waals surface area contributed by atoms with E-state index >= 15 is 0 Å². The van der Waals surface area contributed by atoms with E-state index < -0.39 is 9.84 Å². The van der Waals surface area contributed by atoms with Crippen LogP contribution in [-0.4, -0.2) is 38.9 Å². The Morgan fingerprint density at radius 1 is 1.12 bits per heavy atom. The maximum Gasteiger partial charge on any atom is 0.253 e. The molecule has 128 valence electrons. The van der Waals surface area contributed by atoms with Gasteiger partial charge in [-0.25, -0.2) is 8.42 Å². The highest BCUT2D eigenvalue weighted by Crippen LogP contribution is 2.19. The van der Waals surface area contributed by atoms with E-state index in [9.17, 15) is 13.2 Å². The molecule has 0 aliphatic carbocycles. The third-order valence-electron chi connectivity index (χ3n) is 3.96. The Hall–Kier alpha value is -2.18. The Labute approximate surface area is 143 Å². The summed E-state index contributed by atoms with van der Waals surface area (Å²) in [7, 11) is -1.86. The molecular formula is C18H22N2O3S. The van der Waals surface area contributed by atoms with Crippen molar-refractivity contribution < 1.29 is 13.2 Å². The summed E-state index contributed by atoms with van der Waals surface area (Å²) >= 11 is 0. The fourth-order valence-corrected chi connectivity index (χ4v) is 3.65. The van der Waals surface area contributed by atoms with Crippen molar-refractivity contribution in [2.45, 2.75) is 23.6 Å². The van der Waals surface area contributed by atoms with E-state index in [0.29, 0.717) is 17.7 Å². The minimum Gasteiger partial charge on any atom is -0.338 e. The quantitative estimate of drug-likeness (QED) is 0.868. The molecule has 1 amide bonds. The van der Waals surface area contributed by atoms with E-state index in [1.54, 1.807) is 43.4 Å². The first-order chi connectivity index (χ1) is 11.3. The molecule has 6 heteroatoms. The van der Waals surface area contributed by atoms with Crippen LogP contribution in [0, 0.1) is 0 Å². The largest absolute Gasteiger partial charge is 0.338 e. The Kier molecular flexibility index (Phi) is 5.75. The first kappa shape index (κ1) is 18.2. The molecule has 0 aromatic heterocycles. The summed E-state index contributed by atoms with van der Waals surface area (Å²) in [4.78, 5) is 14.1. The molecule has 0 bridgehead atoms. The van der Waals surface area contributed by atoms with Crippen LogP contribution in [0.25, 0.3) is 0 Å². The van der Waals surface area contributed by atoms with Crippen LogP contribution < -0.4 is 5.73 Å². The maximum absolute atomic E-state index is 12.6. The highest BCUT2D eigenvalue weighted by Gasteiger charge is 2.20. The van der Waals surface area contributed by atoms with E-state index in [1.807, 2.05) is 13.0 Å². The second kappa shape index (κ2) is 7.59. The number of nitrogens with zero attached hydrogens (tertiary/aromatic N) is 1. The minimum atomic E-state index is -3.52. The zero-order valence-electron chi connectivity index (χ0n) is 13.8. The van der Waals surface area contributed by atoms with E-state index in [2.05, 4.69) is 0 Å². The zero-order chi connectivity index (χ0) is 17.7. The van der Waals surface area contributed by atoms with Gasteiger partial charge in [0.15, 0.2) is 9.84 Å². The van der Waals surface area contributed by atoms with Gasteiger partial charge in [0.2, 0.25) is 0 Å². The first-order valence-corrected chi connectivity index (χ1v) is 9.34. The van der Waals surface area contributed by atoms with Crippen LogP contribution >= 0.6 is 0 Å². The monoisotopic (exact) mass is 346 g/mol. The Morgan fingerprint density at radius 3 is 2.42 bits per heavy atom. The fraction of sp³-hybridized carbons (Fsp3) is 0.278. The van der Waals surface area contributed by atoms with Crippen molar-refractivity contribution in [1.82, 2.24) is 4.90 Å². The minimum absolute atomic E-state index is 0.0967. The van der Waals surface area contributed by atoms with Crippen molar-refractivity contribution in [1.29, 1.82) is 0 Å². The summed E-state index contributed by atoms with van der Waals surface area (Å²) in [6.45, 7) is 2.18. The first-order valence-electron chi connectivity index (χ1n) is 7.69. The van der Waals surface area contributed by atoms with Gasteiger partial charge in [0.1, 0.15) is 0 Å². The molecule has 0 fully saturated rings. The molecule has 0 saturated carbocycles. The average molecular weight is 346 g/mol. The van der Waals surface area contributed by atoms with E-state index in [-0.39, 0.29) is 22.6 Å². The number of benzene rings is 2. The molecular weight excluding hydrogens is 324 g/mol. The highest BCUT2D eigenvalue weighted by atomic mass is 32.2. The van der Waals surface area contributed by atoms with Crippen molar-refractivity contribution in [3.8, 4) is 0 Å². The average Bonchev–Trinajstić information content (AvgIpc) is 2.60. The van der Waals surface area contributed by atoms with Gasteiger partial charge >= 0.3 is 0 Å². The molecule has 1 unspecified atom stereocenters. The number of nitrogens with two attached hydrogens (primary N) is 1. The van der Waals surface area contributed by atoms with Crippen LogP contribution in [0.1, 0.15) is 22.8 Å². The van der Waals surface area contributed by atoms with Crippen LogP contribution in [0.5, 0.6) is 0 Å². The number of carbonyl (C=O) groups excluding carboxylic acids is 1. The third kappa shape index (κ3) is 4.21. The second-order valence-electron chi connectivity index (χ2n) is 5.77. The number of likely N-dealkylation sites (N-methyl/N-ethyl adjacent to an activating group) is 1. The predicted octanol–water partition coefficient (Wildman–Crippen LogP) is 2.08. The molecule has 2 rings (SSSR count). The summed E-state index contributed by atoms with van der Waals surface area (Å²) in [6.07, 6.45) is 0. The Morgan fingerprint density at radius 2 is 1.79 bits per heavy atom. The number of rotatable bonds is 6. The molecule has 0 aliphatic rings.